The summed E-state index contributed by atoms with van der Waals surface area (Å²) in [5.41, 5.74) is 3.54. The van der Waals surface area contributed by atoms with Crippen LogP contribution >= 0.6 is 0 Å². The van der Waals surface area contributed by atoms with E-state index in [4.69, 9.17) is 4.74 Å². The molecule has 0 aliphatic rings. The lowest BCUT2D eigenvalue weighted by atomic mass is 10.1. The summed E-state index contributed by atoms with van der Waals surface area (Å²) in [5, 5.41) is 7.17. The second kappa shape index (κ2) is 4.84. The van der Waals surface area contributed by atoms with Gasteiger partial charge in [-0.3, -0.25) is 5.10 Å². The Balaban J connectivity index is 1.94. The van der Waals surface area contributed by atoms with Crippen LogP contribution in [0.5, 0.6) is 5.75 Å². The summed E-state index contributed by atoms with van der Waals surface area (Å²) in [5.74, 6) is 0.902. The van der Waals surface area contributed by atoms with Crippen molar-refractivity contribution in [3.8, 4) is 5.75 Å². The van der Waals surface area contributed by atoms with E-state index in [2.05, 4.69) is 28.4 Å². The average Bonchev–Trinajstić information content (AvgIpc) is 2.73. The zero-order chi connectivity index (χ0) is 11.4. The van der Waals surface area contributed by atoms with E-state index in [9.17, 15) is 0 Å². The number of aryl methyl sites for hydroxylation is 3. The molecule has 2 rings (SSSR count). The lowest BCUT2D eigenvalue weighted by Crippen LogP contribution is -1.92. The fraction of sp³-hybridized carbons (Fsp3) is 0.308. The average molecular weight is 216 g/mol. The van der Waals surface area contributed by atoms with Gasteiger partial charge in [0.25, 0.3) is 0 Å². The molecule has 1 aromatic carbocycles. The molecule has 3 heteroatoms. The topological polar surface area (TPSA) is 37.9 Å². The Kier molecular flexibility index (Phi) is 3.25. The fourth-order valence-electron chi connectivity index (χ4n) is 1.67. The minimum Gasteiger partial charge on any atom is -0.497 e. The number of nitrogens with zero attached hydrogens (tertiary/aromatic N) is 1. The zero-order valence-electron chi connectivity index (χ0n) is 9.66. The van der Waals surface area contributed by atoms with Crippen molar-refractivity contribution in [2.45, 2.75) is 19.8 Å². The molecule has 0 saturated heterocycles. The SMILES string of the molecule is COc1ccc(CCc2cc(C)[nH]n2)cc1. The van der Waals surface area contributed by atoms with E-state index in [0.717, 1.165) is 30.0 Å². The molecule has 1 N–H and O–H groups in total. The highest BCUT2D eigenvalue weighted by Gasteiger charge is 1.99. The first-order valence-corrected chi connectivity index (χ1v) is 5.42. The third-order valence-corrected chi connectivity index (χ3v) is 2.59. The molecule has 0 unspecified atom stereocenters. The third-order valence-electron chi connectivity index (χ3n) is 2.59. The summed E-state index contributed by atoms with van der Waals surface area (Å²) < 4.78 is 5.12. The first-order chi connectivity index (χ1) is 7.78. The Hall–Kier alpha value is -1.77. The van der Waals surface area contributed by atoms with Crippen molar-refractivity contribution < 1.29 is 4.74 Å². The van der Waals surface area contributed by atoms with Gasteiger partial charge in [0.05, 0.1) is 12.8 Å². The molecule has 0 aliphatic heterocycles. The first kappa shape index (κ1) is 10.7. The van der Waals surface area contributed by atoms with E-state index in [1.54, 1.807) is 7.11 Å². The van der Waals surface area contributed by atoms with E-state index in [-0.39, 0.29) is 0 Å². The highest BCUT2D eigenvalue weighted by atomic mass is 16.5. The van der Waals surface area contributed by atoms with Gasteiger partial charge in [-0.25, -0.2) is 0 Å². The standard InChI is InChI=1S/C13H16N2O/c1-10-9-12(15-14-10)6-3-11-4-7-13(16-2)8-5-11/h4-5,7-9H,3,6H2,1-2H3,(H,14,15). The van der Waals surface area contributed by atoms with E-state index in [1.165, 1.54) is 5.56 Å². The highest BCUT2D eigenvalue weighted by Crippen LogP contribution is 2.13. The van der Waals surface area contributed by atoms with Crippen LogP contribution in [-0.4, -0.2) is 17.3 Å². The summed E-state index contributed by atoms with van der Waals surface area (Å²) in [6.45, 7) is 2.02. The molecule has 0 amide bonds. The van der Waals surface area contributed by atoms with Crippen LogP contribution < -0.4 is 4.74 Å². The molecular formula is C13H16N2O. The van der Waals surface area contributed by atoms with E-state index < -0.39 is 0 Å². The van der Waals surface area contributed by atoms with Gasteiger partial charge in [-0.05, 0) is 43.5 Å². The van der Waals surface area contributed by atoms with Crippen LogP contribution in [0.2, 0.25) is 0 Å². The summed E-state index contributed by atoms with van der Waals surface area (Å²) in [6.07, 6.45) is 1.98. The summed E-state index contributed by atoms with van der Waals surface area (Å²) in [6, 6.07) is 10.3. The summed E-state index contributed by atoms with van der Waals surface area (Å²) >= 11 is 0. The van der Waals surface area contributed by atoms with Crippen molar-refractivity contribution in [2.24, 2.45) is 0 Å². The second-order valence-electron chi connectivity index (χ2n) is 3.89. The molecule has 0 atom stereocenters. The molecule has 0 radical (unpaired) electrons. The molecule has 0 spiro atoms. The summed E-state index contributed by atoms with van der Waals surface area (Å²) in [4.78, 5) is 0. The predicted molar refractivity (Wildman–Crippen MR) is 63.7 cm³/mol. The van der Waals surface area contributed by atoms with E-state index in [0.29, 0.717) is 0 Å². The minimum absolute atomic E-state index is 0.902. The van der Waals surface area contributed by atoms with Crippen LogP contribution in [0, 0.1) is 6.92 Å². The van der Waals surface area contributed by atoms with Gasteiger partial charge < -0.3 is 4.74 Å². The largest absolute Gasteiger partial charge is 0.497 e. The molecule has 1 aromatic heterocycles. The smallest absolute Gasteiger partial charge is 0.118 e. The molecule has 0 bridgehead atoms. The molecule has 0 fully saturated rings. The Morgan fingerprint density at radius 1 is 1.19 bits per heavy atom. The number of hydrogen-bond acceptors (Lipinski definition) is 2. The minimum atomic E-state index is 0.902. The van der Waals surface area contributed by atoms with Crippen molar-refractivity contribution >= 4 is 0 Å². The van der Waals surface area contributed by atoms with Crippen molar-refractivity contribution in [3.63, 3.8) is 0 Å². The van der Waals surface area contributed by atoms with Gasteiger partial charge >= 0.3 is 0 Å². The van der Waals surface area contributed by atoms with Crippen LogP contribution in [0.1, 0.15) is 17.0 Å². The van der Waals surface area contributed by atoms with Crippen LogP contribution in [0.4, 0.5) is 0 Å². The van der Waals surface area contributed by atoms with Crippen LogP contribution in [0.3, 0.4) is 0 Å². The quantitative estimate of drug-likeness (QED) is 0.852. The maximum atomic E-state index is 5.12. The van der Waals surface area contributed by atoms with Gasteiger partial charge in [0.15, 0.2) is 0 Å². The zero-order valence-corrected chi connectivity index (χ0v) is 9.66. The number of aromatic amines is 1. The second-order valence-corrected chi connectivity index (χ2v) is 3.89. The lowest BCUT2D eigenvalue weighted by molar-refractivity contribution is 0.414. The molecule has 0 aliphatic carbocycles. The maximum Gasteiger partial charge on any atom is 0.118 e. The van der Waals surface area contributed by atoms with Crippen molar-refractivity contribution in [2.75, 3.05) is 7.11 Å². The fourth-order valence-corrected chi connectivity index (χ4v) is 1.67. The number of methoxy groups -OCH3 is 1. The molecule has 0 saturated carbocycles. The lowest BCUT2D eigenvalue weighted by Gasteiger charge is -2.02. The van der Waals surface area contributed by atoms with Gasteiger partial charge in [-0.2, -0.15) is 5.10 Å². The molecule has 84 valence electrons. The number of benzene rings is 1. The van der Waals surface area contributed by atoms with E-state index >= 15 is 0 Å². The normalized spacial score (nSPS) is 10.4. The molecule has 3 nitrogen and oxygen atoms in total. The molecular weight excluding hydrogens is 200 g/mol. The third kappa shape index (κ3) is 2.63. The van der Waals surface area contributed by atoms with Crippen LogP contribution in [-0.2, 0) is 12.8 Å². The molecule has 2 aromatic rings. The number of aromatic nitrogens is 2. The Morgan fingerprint density at radius 3 is 2.50 bits per heavy atom. The Bertz CT molecular complexity index is 445. The Labute approximate surface area is 95.5 Å². The van der Waals surface area contributed by atoms with Crippen molar-refractivity contribution in [1.29, 1.82) is 0 Å². The van der Waals surface area contributed by atoms with Gasteiger partial charge in [0, 0.05) is 5.69 Å². The number of ether oxygens (including phenoxy) is 1. The summed E-state index contributed by atoms with van der Waals surface area (Å²) in [7, 11) is 1.68. The monoisotopic (exact) mass is 216 g/mol. The van der Waals surface area contributed by atoms with Gasteiger partial charge in [-0.1, -0.05) is 12.1 Å². The number of rotatable bonds is 4. The van der Waals surface area contributed by atoms with Crippen molar-refractivity contribution in [1.82, 2.24) is 10.2 Å². The van der Waals surface area contributed by atoms with Crippen molar-refractivity contribution in [3.05, 3.63) is 47.3 Å². The maximum absolute atomic E-state index is 5.12. The first-order valence-electron chi connectivity index (χ1n) is 5.42. The number of nitrogens with one attached hydrogen (secondary N) is 1. The van der Waals surface area contributed by atoms with Crippen LogP contribution in [0.15, 0.2) is 30.3 Å². The van der Waals surface area contributed by atoms with E-state index in [1.807, 2.05) is 19.1 Å². The Morgan fingerprint density at radius 2 is 1.94 bits per heavy atom. The number of H-pyrrole nitrogens is 1. The van der Waals surface area contributed by atoms with Gasteiger partial charge in [-0.15, -0.1) is 0 Å². The van der Waals surface area contributed by atoms with Crippen LogP contribution in [0.25, 0.3) is 0 Å². The molecule has 16 heavy (non-hydrogen) atoms. The number of hydrogen-bond donors (Lipinski definition) is 1. The highest BCUT2D eigenvalue weighted by molar-refractivity contribution is 5.27. The van der Waals surface area contributed by atoms with Gasteiger partial charge in [0.1, 0.15) is 5.75 Å². The van der Waals surface area contributed by atoms with Gasteiger partial charge in [0.2, 0.25) is 0 Å². The predicted octanol–water partition coefficient (Wildman–Crippen LogP) is 2.51. The molecule has 1 heterocycles.